The van der Waals surface area contributed by atoms with Gasteiger partial charge in [0.2, 0.25) is 0 Å². The van der Waals surface area contributed by atoms with E-state index in [1.807, 2.05) is 18.2 Å². The van der Waals surface area contributed by atoms with E-state index in [9.17, 15) is 0 Å². The summed E-state index contributed by atoms with van der Waals surface area (Å²) in [5.74, 6) is 0.891. The molecular weight excluding hydrogens is 478 g/mol. The fraction of sp³-hybridized carbons (Fsp3) is 0.143. The van der Waals surface area contributed by atoms with E-state index in [1.54, 1.807) is 0 Å². The Hall–Kier alpha value is -4.70. The van der Waals surface area contributed by atoms with Gasteiger partial charge in [0.25, 0.3) is 0 Å². The van der Waals surface area contributed by atoms with Crippen LogP contribution in [0.1, 0.15) is 48.0 Å². The molecule has 2 atom stereocenters. The molecule has 1 aliphatic carbocycles. The van der Waals surface area contributed by atoms with E-state index in [0.29, 0.717) is 0 Å². The van der Waals surface area contributed by atoms with Gasteiger partial charge in [0.1, 0.15) is 23.0 Å². The molecule has 0 fully saturated rings. The van der Waals surface area contributed by atoms with Crippen molar-refractivity contribution in [3.8, 4) is 0 Å². The molecule has 0 saturated heterocycles. The summed E-state index contributed by atoms with van der Waals surface area (Å²) in [6, 6.07) is 35.9. The molecule has 0 radical (unpaired) electrons. The summed E-state index contributed by atoms with van der Waals surface area (Å²) in [5.41, 5.74) is 10.2. The van der Waals surface area contributed by atoms with E-state index in [0.717, 1.165) is 64.0 Å². The molecule has 0 saturated carbocycles. The van der Waals surface area contributed by atoms with Gasteiger partial charge in [-0.15, -0.1) is 0 Å². The normalized spacial score (nSPS) is 20.6. The topological polar surface area (TPSA) is 49.9 Å². The van der Waals surface area contributed by atoms with Crippen LogP contribution in [0.15, 0.2) is 140 Å². The van der Waals surface area contributed by atoms with E-state index < -0.39 is 0 Å². The monoisotopic (exact) mass is 505 g/mol. The third-order valence-corrected chi connectivity index (χ3v) is 8.18. The second-order valence-electron chi connectivity index (χ2n) is 10.5. The minimum Gasteiger partial charge on any atom is -0.456 e. The molecule has 4 heteroatoms. The standard InChI is InChI=1S/C35H27N3O/c1-3-9-22(10-4-1)29-19-16-23-15-18-27-32(25-17-20-31-28(21-25)26-13-7-8-14-30(26)39-31)37-35(24-11-5-2-6-12-24)38-34(27)33(23)36-29/h1-14,16-17,20-21,29,32H,15,18-19H2,(H,37,38). The number of nitrogens with zero attached hydrogens (tertiary/aromatic N) is 2. The highest BCUT2D eigenvalue weighted by Gasteiger charge is 2.35. The lowest BCUT2D eigenvalue weighted by Gasteiger charge is -2.35. The van der Waals surface area contributed by atoms with Gasteiger partial charge in [0, 0.05) is 16.3 Å². The van der Waals surface area contributed by atoms with Crippen molar-refractivity contribution in [2.24, 2.45) is 9.98 Å². The molecule has 4 nitrogen and oxygen atoms in total. The lowest BCUT2D eigenvalue weighted by Crippen LogP contribution is -2.38. The maximum Gasteiger partial charge on any atom is 0.135 e. The lowest BCUT2D eigenvalue weighted by molar-refractivity contribution is 0.667. The van der Waals surface area contributed by atoms with Gasteiger partial charge < -0.3 is 9.73 Å². The Morgan fingerprint density at radius 1 is 0.692 bits per heavy atom. The highest BCUT2D eigenvalue weighted by molar-refractivity contribution is 6.18. The molecular formula is C35H27N3O. The van der Waals surface area contributed by atoms with Crippen LogP contribution in [-0.2, 0) is 0 Å². The molecule has 0 spiro atoms. The van der Waals surface area contributed by atoms with Gasteiger partial charge >= 0.3 is 0 Å². The molecule has 39 heavy (non-hydrogen) atoms. The first-order valence-electron chi connectivity index (χ1n) is 13.7. The Morgan fingerprint density at radius 2 is 1.46 bits per heavy atom. The minimum atomic E-state index is -0.0872. The van der Waals surface area contributed by atoms with Crippen LogP contribution in [0.25, 0.3) is 21.9 Å². The first-order chi connectivity index (χ1) is 19.3. The third-order valence-electron chi connectivity index (χ3n) is 8.18. The predicted molar refractivity (Wildman–Crippen MR) is 158 cm³/mol. The molecule has 5 aromatic rings. The number of hydrogen-bond acceptors (Lipinski definition) is 4. The van der Waals surface area contributed by atoms with Crippen molar-refractivity contribution >= 4 is 33.5 Å². The van der Waals surface area contributed by atoms with Gasteiger partial charge in [0.05, 0.1) is 17.5 Å². The molecule has 1 N–H and O–H groups in total. The van der Waals surface area contributed by atoms with Gasteiger partial charge in [-0.05, 0) is 59.7 Å². The zero-order valence-electron chi connectivity index (χ0n) is 21.5. The van der Waals surface area contributed by atoms with Crippen LogP contribution in [0.2, 0.25) is 0 Å². The second kappa shape index (κ2) is 8.95. The van der Waals surface area contributed by atoms with Crippen molar-refractivity contribution in [3.05, 3.63) is 143 Å². The first-order valence-corrected chi connectivity index (χ1v) is 13.7. The number of nitrogens with one attached hydrogen (secondary N) is 1. The zero-order chi connectivity index (χ0) is 25.8. The fourth-order valence-corrected chi connectivity index (χ4v) is 6.22. The van der Waals surface area contributed by atoms with Crippen molar-refractivity contribution in [2.75, 3.05) is 0 Å². The molecule has 2 unspecified atom stereocenters. The number of allylic oxidation sites excluding steroid dienone is 1. The fourth-order valence-electron chi connectivity index (χ4n) is 6.22. The Bertz CT molecular complexity index is 1860. The van der Waals surface area contributed by atoms with Crippen LogP contribution in [0.4, 0.5) is 0 Å². The van der Waals surface area contributed by atoms with Gasteiger partial charge in [-0.3, -0.25) is 9.98 Å². The van der Waals surface area contributed by atoms with Crippen molar-refractivity contribution < 1.29 is 4.42 Å². The average molecular weight is 506 g/mol. The highest BCUT2D eigenvalue weighted by Crippen LogP contribution is 2.43. The number of furan rings is 1. The number of dihydropyridines is 1. The van der Waals surface area contributed by atoms with Gasteiger partial charge in [-0.25, -0.2) is 0 Å². The molecule has 3 heterocycles. The largest absolute Gasteiger partial charge is 0.456 e. The second-order valence-corrected chi connectivity index (χ2v) is 10.5. The van der Waals surface area contributed by atoms with Gasteiger partial charge in [0.15, 0.2) is 0 Å². The number of hydrogen-bond donors (Lipinski definition) is 1. The Morgan fingerprint density at radius 3 is 2.33 bits per heavy atom. The maximum atomic E-state index is 6.13. The molecule has 0 amide bonds. The smallest absolute Gasteiger partial charge is 0.135 e. The summed E-state index contributed by atoms with van der Waals surface area (Å²) in [4.78, 5) is 10.7. The van der Waals surface area contributed by atoms with Crippen LogP contribution in [0, 0.1) is 0 Å². The molecule has 188 valence electrons. The van der Waals surface area contributed by atoms with Gasteiger partial charge in [-0.2, -0.15) is 0 Å². The summed E-state index contributed by atoms with van der Waals surface area (Å²) in [7, 11) is 0. The van der Waals surface area contributed by atoms with E-state index in [1.165, 1.54) is 22.3 Å². The van der Waals surface area contributed by atoms with Crippen LogP contribution in [-0.4, -0.2) is 11.5 Å². The number of rotatable bonds is 3. The van der Waals surface area contributed by atoms with E-state index in [-0.39, 0.29) is 12.1 Å². The quantitative estimate of drug-likeness (QED) is 0.268. The van der Waals surface area contributed by atoms with Crippen molar-refractivity contribution in [1.29, 1.82) is 0 Å². The number of aliphatic imine (C=N–C) groups is 2. The third kappa shape index (κ3) is 3.75. The van der Waals surface area contributed by atoms with E-state index in [4.69, 9.17) is 14.4 Å². The first kappa shape index (κ1) is 22.3. The van der Waals surface area contributed by atoms with Crippen LogP contribution in [0.5, 0.6) is 0 Å². The SMILES string of the molecule is C1=C2CCC3=C(NC(c4ccccc4)=NC3c3ccc4oc5ccccc5c4c3)C2=NC(c2ccccc2)C1. The summed E-state index contributed by atoms with van der Waals surface area (Å²) in [5, 5.41) is 6.02. The lowest BCUT2D eigenvalue weighted by atomic mass is 9.81. The van der Waals surface area contributed by atoms with Crippen LogP contribution >= 0.6 is 0 Å². The average Bonchev–Trinajstić information content (AvgIpc) is 3.39. The molecule has 3 aliphatic rings. The number of para-hydroxylation sites is 1. The highest BCUT2D eigenvalue weighted by atomic mass is 16.3. The Labute approximate surface area is 227 Å². The predicted octanol–water partition coefficient (Wildman–Crippen LogP) is 8.24. The molecule has 8 rings (SSSR count). The zero-order valence-corrected chi connectivity index (χ0v) is 21.5. The van der Waals surface area contributed by atoms with Crippen molar-refractivity contribution in [2.45, 2.75) is 31.3 Å². The number of benzene rings is 4. The maximum absolute atomic E-state index is 6.13. The molecule has 2 aliphatic heterocycles. The van der Waals surface area contributed by atoms with Gasteiger partial charge in [-0.1, -0.05) is 91.0 Å². The van der Waals surface area contributed by atoms with Crippen molar-refractivity contribution in [1.82, 2.24) is 5.32 Å². The van der Waals surface area contributed by atoms with Crippen molar-refractivity contribution in [3.63, 3.8) is 0 Å². The van der Waals surface area contributed by atoms with E-state index in [2.05, 4.69) is 96.3 Å². The number of fused-ring (bicyclic) bond motifs is 5. The van der Waals surface area contributed by atoms with Crippen LogP contribution in [0.3, 0.4) is 0 Å². The summed E-state index contributed by atoms with van der Waals surface area (Å²) in [6.07, 6.45) is 5.30. The van der Waals surface area contributed by atoms with E-state index >= 15 is 0 Å². The molecule has 1 aromatic heterocycles. The summed E-state index contributed by atoms with van der Waals surface area (Å²) < 4.78 is 6.13. The minimum absolute atomic E-state index is 0.0872. The Kier molecular flexibility index (Phi) is 5.12. The number of amidine groups is 1. The summed E-state index contributed by atoms with van der Waals surface area (Å²) >= 11 is 0. The van der Waals surface area contributed by atoms with Crippen LogP contribution < -0.4 is 5.32 Å². The molecule has 4 aromatic carbocycles. The molecule has 0 bridgehead atoms. The summed E-state index contributed by atoms with van der Waals surface area (Å²) in [6.45, 7) is 0. The Balaban J connectivity index is 1.29.